The molecule has 3 rings (SSSR count). The molecule has 102 valence electrons. The molecule has 0 bridgehead atoms. The fourth-order valence-corrected chi connectivity index (χ4v) is 3.39. The Labute approximate surface area is 115 Å². The number of benzene rings is 1. The van der Waals surface area contributed by atoms with E-state index < -0.39 is 0 Å². The molecule has 2 aliphatic rings. The predicted molar refractivity (Wildman–Crippen MR) is 77.0 cm³/mol. The fourth-order valence-electron chi connectivity index (χ4n) is 3.39. The second-order valence-corrected chi connectivity index (χ2v) is 6.10. The third-order valence-corrected chi connectivity index (χ3v) is 4.62. The molecule has 1 amide bonds. The molecule has 0 aromatic heterocycles. The Morgan fingerprint density at radius 3 is 2.21 bits per heavy atom. The largest absolute Gasteiger partial charge is 0.349 e. The van der Waals surface area contributed by atoms with E-state index in [0.717, 1.165) is 11.5 Å². The fraction of sp³-hybridized carbons (Fsp3) is 0.588. The summed E-state index contributed by atoms with van der Waals surface area (Å²) in [5.41, 5.74) is 0.795. The van der Waals surface area contributed by atoms with Crippen molar-refractivity contribution in [2.24, 2.45) is 11.8 Å². The Balaban J connectivity index is 1.66. The minimum Gasteiger partial charge on any atom is -0.349 e. The lowest BCUT2D eigenvalue weighted by molar-refractivity contribution is 0.0903. The number of rotatable bonds is 4. The van der Waals surface area contributed by atoms with E-state index in [1.165, 1.54) is 44.9 Å². The van der Waals surface area contributed by atoms with Crippen LogP contribution in [0.5, 0.6) is 0 Å². The van der Waals surface area contributed by atoms with Crippen molar-refractivity contribution in [2.75, 3.05) is 0 Å². The smallest absolute Gasteiger partial charge is 0.251 e. The van der Waals surface area contributed by atoms with Gasteiger partial charge in [-0.1, -0.05) is 37.5 Å². The average molecular weight is 257 g/mol. The summed E-state index contributed by atoms with van der Waals surface area (Å²) in [4.78, 5) is 12.3. The Morgan fingerprint density at radius 2 is 1.58 bits per heavy atom. The molecule has 1 aromatic rings. The van der Waals surface area contributed by atoms with Gasteiger partial charge in [-0.05, 0) is 49.7 Å². The van der Waals surface area contributed by atoms with Crippen LogP contribution in [0.2, 0.25) is 0 Å². The molecule has 2 fully saturated rings. The van der Waals surface area contributed by atoms with E-state index in [-0.39, 0.29) is 5.91 Å². The molecule has 2 heteroatoms. The molecule has 1 N–H and O–H groups in total. The van der Waals surface area contributed by atoms with Crippen LogP contribution >= 0.6 is 0 Å². The molecule has 0 radical (unpaired) electrons. The SMILES string of the molecule is O=C(NC(C1CCCCC1)C1CC1)c1ccccc1. The zero-order chi connectivity index (χ0) is 13.1. The molecule has 0 spiro atoms. The highest BCUT2D eigenvalue weighted by Crippen LogP contribution is 2.40. The van der Waals surface area contributed by atoms with E-state index in [2.05, 4.69) is 5.32 Å². The maximum absolute atomic E-state index is 12.3. The molecule has 2 aliphatic carbocycles. The van der Waals surface area contributed by atoms with Crippen LogP contribution in [0, 0.1) is 11.8 Å². The van der Waals surface area contributed by atoms with Crippen LogP contribution in [0.15, 0.2) is 30.3 Å². The van der Waals surface area contributed by atoms with Gasteiger partial charge in [0.15, 0.2) is 0 Å². The number of carbonyl (C=O) groups is 1. The van der Waals surface area contributed by atoms with Gasteiger partial charge in [0.2, 0.25) is 0 Å². The van der Waals surface area contributed by atoms with Crippen molar-refractivity contribution in [3.05, 3.63) is 35.9 Å². The molecule has 0 heterocycles. The normalized spacial score (nSPS) is 21.9. The van der Waals surface area contributed by atoms with E-state index in [1.54, 1.807) is 0 Å². The molecular weight excluding hydrogens is 234 g/mol. The number of hydrogen-bond donors (Lipinski definition) is 1. The van der Waals surface area contributed by atoms with Gasteiger partial charge in [0, 0.05) is 11.6 Å². The summed E-state index contributed by atoms with van der Waals surface area (Å²) in [7, 11) is 0. The van der Waals surface area contributed by atoms with Crippen LogP contribution in [0.25, 0.3) is 0 Å². The van der Waals surface area contributed by atoms with Crippen molar-refractivity contribution in [3.8, 4) is 0 Å². The lowest BCUT2D eigenvalue weighted by Gasteiger charge is -2.31. The van der Waals surface area contributed by atoms with Gasteiger partial charge in [0.1, 0.15) is 0 Å². The highest BCUT2D eigenvalue weighted by molar-refractivity contribution is 5.94. The van der Waals surface area contributed by atoms with Gasteiger partial charge >= 0.3 is 0 Å². The van der Waals surface area contributed by atoms with E-state index in [0.29, 0.717) is 12.0 Å². The Bertz CT molecular complexity index is 418. The first-order valence-electron chi connectivity index (χ1n) is 7.70. The van der Waals surface area contributed by atoms with Gasteiger partial charge in [-0.3, -0.25) is 4.79 Å². The van der Waals surface area contributed by atoms with E-state index in [4.69, 9.17) is 0 Å². The van der Waals surface area contributed by atoms with Crippen LogP contribution in [0.3, 0.4) is 0 Å². The Morgan fingerprint density at radius 1 is 0.947 bits per heavy atom. The van der Waals surface area contributed by atoms with Crippen molar-refractivity contribution in [2.45, 2.75) is 51.0 Å². The predicted octanol–water partition coefficient (Wildman–Crippen LogP) is 3.78. The molecule has 0 aliphatic heterocycles. The summed E-state index contributed by atoms with van der Waals surface area (Å²) in [6, 6.07) is 10.0. The summed E-state index contributed by atoms with van der Waals surface area (Å²) in [5, 5.41) is 3.33. The summed E-state index contributed by atoms with van der Waals surface area (Å²) in [6.07, 6.45) is 9.27. The maximum Gasteiger partial charge on any atom is 0.251 e. The third-order valence-electron chi connectivity index (χ3n) is 4.62. The van der Waals surface area contributed by atoms with Gasteiger partial charge in [0.05, 0.1) is 0 Å². The minimum atomic E-state index is 0.114. The second-order valence-electron chi connectivity index (χ2n) is 6.10. The van der Waals surface area contributed by atoms with Gasteiger partial charge in [-0.25, -0.2) is 0 Å². The zero-order valence-electron chi connectivity index (χ0n) is 11.5. The highest BCUT2D eigenvalue weighted by Gasteiger charge is 2.37. The first-order chi connectivity index (χ1) is 9.34. The van der Waals surface area contributed by atoms with Crippen LogP contribution in [-0.4, -0.2) is 11.9 Å². The monoisotopic (exact) mass is 257 g/mol. The summed E-state index contributed by atoms with van der Waals surface area (Å²) in [6.45, 7) is 0. The van der Waals surface area contributed by atoms with Crippen molar-refractivity contribution in [1.29, 1.82) is 0 Å². The molecule has 1 atom stereocenters. The van der Waals surface area contributed by atoms with Gasteiger partial charge in [-0.2, -0.15) is 0 Å². The molecular formula is C17H23NO. The number of carbonyl (C=O) groups excluding carboxylic acids is 1. The standard InChI is InChI=1S/C17H23NO/c19-17(15-9-5-2-6-10-15)18-16(14-11-12-14)13-7-3-1-4-8-13/h2,5-6,9-10,13-14,16H,1,3-4,7-8,11-12H2,(H,18,19). The van der Waals surface area contributed by atoms with Crippen LogP contribution in [0.4, 0.5) is 0 Å². The van der Waals surface area contributed by atoms with Crippen molar-refractivity contribution >= 4 is 5.91 Å². The molecule has 2 nitrogen and oxygen atoms in total. The second kappa shape index (κ2) is 5.77. The summed E-state index contributed by atoms with van der Waals surface area (Å²) < 4.78 is 0. The molecule has 19 heavy (non-hydrogen) atoms. The van der Waals surface area contributed by atoms with Crippen molar-refractivity contribution in [3.63, 3.8) is 0 Å². The first-order valence-corrected chi connectivity index (χ1v) is 7.70. The lowest BCUT2D eigenvalue weighted by Crippen LogP contribution is -2.42. The Kier molecular flexibility index (Phi) is 3.86. The molecule has 2 saturated carbocycles. The zero-order valence-corrected chi connectivity index (χ0v) is 11.5. The van der Waals surface area contributed by atoms with E-state index >= 15 is 0 Å². The van der Waals surface area contributed by atoms with Crippen LogP contribution in [-0.2, 0) is 0 Å². The summed E-state index contributed by atoms with van der Waals surface area (Å²) >= 11 is 0. The Hall–Kier alpha value is -1.31. The third kappa shape index (κ3) is 3.17. The number of hydrogen-bond acceptors (Lipinski definition) is 1. The topological polar surface area (TPSA) is 29.1 Å². The van der Waals surface area contributed by atoms with Gasteiger partial charge in [0.25, 0.3) is 5.91 Å². The van der Waals surface area contributed by atoms with E-state index in [9.17, 15) is 4.79 Å². The molecule has 0 saturated heterocycles. The van der Waals surface area contributed by atoms with Gasteiger partial charge < -0.3 is 5.32 Å². The average Bonchev–Trinajstić information content (AvgIpc) is 3.31. The number of nitrogens with one attached hydrogen (secondary N) is 1. The minimum absolute atomic E-state index is 0.114. The maximum atomic E-state index is 12.3. The highest BCUT2D eigenvalue weighted by atomic mass is 16.1. The first kappa shape index (κ1) is 12.7. The van der Waals surface area contributed by atoms with Crippen LogP contribution < -0.4 is 5.32 Å². The number of amides is 1. The van der Waals surface area contributed by atoms with Crippen molar-refractivity contribution in [1.82, 2.24) is 5.32 Å². The summed E-state index contributed by atoms with van der Waals surface area (Å²) in [5.74, 6) is 1.58. The van der Waals surface area contributed by atoms with E-state index in [1.807, 2.05) is 30.3 Å². The molecule has 1 unspecified atom stereocenters. The van der Waals surface area contributed by atoms with Crippen molar-refractivity contribution < 1.29 is 4.79 Å². The van der Waals surface area contributed by atoms with Crippen LogP contribution in [0.1, 0.15) is 55.3 Å². The van der Waals surface area contributed by atoms with Gasteiger partial charge in [-0.15, -0.1) is 0 Å². The molecule has 1 aromatic carbocycles. The quantitative estimate of drug-likeness (QED) is 0.874. The lowest BCUT2D eigenvalue weighted by atomic mass is 9.82.